The Kier molecular flexibility index (Phi) is 40.4. The molecule has 0 heterocycles. The summed E-state index contributed by atoms with van der Waals surface area (Å²) >= 11 is 2.01. The molecule has 0 aliphatic rings. The summed E-state index contributed by atoms with van der Waals surface area (Å²) in [6, 6.07) is 0. The van der Waals surface area contributed by atoms with E-state index in [0.717, 1.165) is 77.7 Å². The molecule has 0 unspecified atom stereocenters. The van der Waals surface area contributed by atoms with E-state index in [9.17, 15) is 9.59 Å². The van der Waals surface area contributed by atoms with Crippen molar-refractivity contribution in [3.05, 3.63) is 0 Å². The highest BCUT2D eigenvalue weighted by Crippen LogP contribution is 2.18. The van der Waals surface area contributed by atoms with Crippen molar-refractivity contribution in [1.29, 1.82) is 0 Å². The molecule has 0 atom stereocenters. The van der Waals surface area contributed by atoms with E-state index in [1.54, 1.807) is 0 Å². The van der Waals surface area contributed by atoms with Crippen molar-refractivity contribution >= 4 is 34.9 Å². The Labute approximate surface area is 332 Å². The average molecular weight is 835 g/mol. The van der Waals surface area contributed by atoms with Crippen molar-refractivity contribution in [2.75, 3.05) is 39.8 Å². The van der Waals surface area contributed by atoms with E-state index < -0.39 is 0 Å². The second-order valence-electron chi connectivity index (χ2n) is 15.5. The van der Waals surface area contributed by atoms with Crippen molar-refractivity contribution in [2.45, 2.75) is 232 Å². The molecule has 0 aromatic heterocycles. The van der Waals surface area contributed by atoms with Crippen LogP contribution in [0, 0.1) is 0 Å². The van der Waals surface area contributed by atoms with Gasteiger partial charge in [0.25, 0.3) is 0 Å². The highest BCUT2D eigenvalue weighted by Gasteiger charge is 2.14. The lowest BCUT2D eigenvalue weighted by Crippen LogP contribution is -2.29. The van der Waals surface area contributed by atoms with Gasteiger partial charge in [-0.25, -0.2) is 0 Å². The van der Waals surface area contributed by atoms with Crippen LogP contribution >= 0.6 is 23.0 Å². The molecule has 0 bridgehead atoms. The van der Waals surface area contributed by atoms with Crippen LogP contribution in [0.25, 0.3) is 0 Å². The van der Waals surface area contributed by atoms with Gasteiger partial charge in [-0.05, 0) is 70.9 Å². The lowest BCUT2D eigenvalue weighted by molar-refractivity contribution is -0.150. The third-order valence-corrected chi connectivity index (χ3v) is 11.0. The fraction of sp³-hybridized carbons (Fsp3) is 0.955. The first-order valence-electron chi connectivity index (χ1n) is 22.4. The summed E-state index contributed by atoms with van der Waals surface area (Å²) < 4.78 is 11.4. The minimum atomic E-state index is 0.0318. The summed E-state index contributed by atoms with van der Waals surface area (Å²) in [7, 11) is 1.98. The molecule has 0 fully saturated rings. The fourth-order valence-corrected chi connectivity index (χ4v) is 7.23. The second-order valence-corrected chi connectivity index (χ2v) is 16.1. The molecule has 0 aromatic rings. The van der Waals surface area contributed by atoms with Gasteiger partial charge in [0, 0.05) is 33.0 Å². The molecule has 0 N–H and O–H groups in total. The van der Waals surface area contributed by atoms with Crippen LogP contribution in [-0.2, 0) is 17.4 Å². The maximum absolute atomic E-state index is 12.7. The summed E-state index contributed by atoms with van der Waals surface area (Å²) in [6.07, 6.45) is 38.1. The number of amides is 1. The maximum atomic E-state index is 12.7. The molecule has 0 aliphatic heterocycles. The van der Waals surface area contributed by atoms with Gasteiger partial charge in [-0.3, -0.25) is 9.59 Å². The summed E-state index contributed by atoms with van der Waals surface area (Å²) in [5, 5.41) is 0. The highest BCUT2D eigenvalue weighted by atomic mass is 127. The van der Waals surface area contributed by atoms with Crippen molar-refractivity contribution in [3.63, 3.8) is 0 Å². The van der Waals surface area contributed by atoms with Crippen LogP contribution in [-0.4, -0.2) is 67.6 Å². The second kappa shape index (κ2) is 40.8. The van der Waals surface area contributed by atoms with Crippen molar-refractivity contribution in [1.82, 2.24) is 9.80 Å². The zero-order chi connectivity index (χ0) is 37.5. The molecule has 0 saturated heterocycles. The van der Waals surface area contributed by atoms with Gasteiger partial charge in [0.1, 0.15) is 29.1 Å². The van der Waals surface area contributed by atoms with Crippen LogP contribution < -0.4 is 0 Å². The Hall–Kier alpha value is -0.410. The molecule has 0 saturated carbocycles. The topological polar surface area (TPSA) is 59.1 Å². The summed E-state index contributed by atoms with van der Waals surface area (Å²) in [5.41, 5.74) is 0. The molecule has 0 aromatic carbocycles. The number of rotatable bonds is 41. The SMILES string of the molecule is CCCCCCCCC(CCCCCCCC)OC(=O)CCCCCCCN(CCCCCCCC(=O)N(C)CCCCCCCC)CCOI. The Morgan fingerprint density at radius 3 is 1.35 bits per heavy atom. The van der Waals surface area contributed by atoms with Gasteiger partial charge in [-0.2, -0.15) is 0 Å². The molecule has 6 nitrogen and oxygen atoms in total. The number of carbonyl (C=O) groups excluding carboxylic acids is 2. The van der Waals surface area contributed by atoms with Gasteiger partial charge in [0.2, 0.25) is 5.91 Å². The zero-order valence-corrected chi connectivity index (χ0v) is 36.8. The van der Waals surface area contributed by atoms with Gasteiger partial charge < -0.3 is 17.6 Å². The third kappa shape index (κ3) is 36.3. The number of esters is 1. The minimum Gasteiger partial charge on any atom is -0.462 e. The van der Waals surface area contributed by atoms with Crippen molar-refractivity contribution in [3.8, 4) is 0 Å². The standard InChI is InChI=1S/C44H87IN2O4/c1-5-8-11-14-19-26-33-42(34-27-20-15-12-9-6-2)51-44(49)36-29-22-18-25-32-39-47(40-41-50-45)38-31-24-17-21-28-35-43(48)46(4)37-30-23-16-13-10-7-3/h42H,5-41H2,1-4H3. The molecule has 0 spiro atoms. The largest absolute Gasteiger partial charge is 0.462 e. The Bertz CT molecular complexity index is 724. The molecular formula is C44H87IN2O4. The predicted molar refractivity (Wildman–Crippen MR) is 229 cm³/mol. The number of hydrogen-bond donors (Lipinski definition) is 0. The Balaban J connectivity index is 4.09. The number of carbonyl (C=O) groups is 2. The van der Waals surface area contributed by atoms with Gasteiger partial charge >= 0.3 is 5.97 Å². The number of hydrogen-bond acceptors (Lipinski definition) is 5. The monoisotopic (exact) mass is 835 g/mol. The van der Waals surface area contributed by atoms with Gasteiger partial charge in [-0.1, -0.05) is 156 Å². The number of ether oxygens (including phenoxy) is 1. The zero-order valence-electron chi connectivity index (χ0n) is 34.6. The molecule has 1 amide bonds. The normalized spacial score (nSPS) is 11.6. The highest BCUT2D eigenvalue weighted by molar-refractivity contribution is 14.1. The Morgan fingerprint density at radius 1 is 0.490 bits per heavy atom. The molecule has 7 heteroatoms. The van der Waals surface area contributed by atoms with E-state index in [2.05, 4.69) is 25.7 Å². The minimum absolute atomic E-state index is 0.0318. The van der Waals surface area contributed by atoms with Crippen LogP contribution in [0.15, 0.2) is 0 Å². The first kappa shape index (κ1) is 50.6. The van der Waals surface area contributed by atoms with Gasteiger partial charge in [0.15, 0.2) is 0 Å². The van der Waals surface area contributed by atoms with E-state index in [1.165, 1.54) is 148 Å². The van der Waals surface area contributed by atoms with Crippen molar-refractivity contribution in [2.24, 2.45) is 0 Å². The first-order valence-corrected chi connectivity index (χ1v) is 23.3. The quantitative estimate of drug-likeness (QED) is 0.0349. The lowest BCUT2D eigenvalue weighted by atomic mass is 10.0. The smallest absolute Gasteiger partial charge is 0.306 e. The van der Waals surface area contributed by atoms with Crippen LogP contribution in [0.1, 0.15) is 226 Å². The molecule has 0 radical (unpaired) electrons. The van der Waals surface area contributed by atoms with Crippen LogP contribution in [0.3, 0.4) is 0 Å². The predicted octanol–water partition coefficient (Wildman–Crippen LogP) is 13.6. The molecule has 51 heavy (non-hydrogen) atoms. The average Bonchev–Trinajstić information content (AvgIpc) is 3.13. The lowest BCUT2D eigenvalue weighted by Gasteiger charge is -2.21. The number of unbranched alkanes of at least 4 members (excludes halogenated alkanes) is 23. The van der Waals surface area contributed by atoms with E-state index in [-0.39, 0.29) is 12.1 Å². The van der Waals surface area contributed by atoms with E-state index >= 15 is 0 Å². The molecular weight excluding hydrogens is 747 g/mol. The molecule has 0 aliphatic carbocycles. The van der Waals surface area contributed by atoms with E-state index in [0.29, 0.717) is 18.7 Å². The maximum Gasteiger partial charge on any atom is 0.306 e. The summed E-state index contributed by atoms with van der Waals surface area (Å²) in [5.74, 6) is 0.351. The van der Waals surface area contributed by atoms with E-state index in [4.69, 9.17) is 7.80 Å². The van der Waals surface area contributed by atoms with Gasteiger partial charge in [-0.15, -0.1) is 0 Å². The third-order valence-electron chi connectivity index (χ3n) is 10.5. The van der Waals surface area contributed by atoms with Crippen LogP contribution in [0.5, 0.6) is 0 Å². The molecule has 304 valence electrons. The van der Waals surface area contributed by atoms with Gasteiger partial charge in [0.05, 0.1) is 6.61 Å². The number of nitrogens with zero attached hydrogens (tertiary/aromatic N) is 2. The fourth-order valence-electron chi connectivity index (χ4n) is 7.03. The Morgan fingerprint density at radius 2 is 0.882 bits per heavy atom. The summed E-state index contributed by atoms with van der Waals surface area (Å²) in [6.45, 7) is 11.7. The van der Waals surface area contributed by atoms with E-state index in [1.807, 2.05) is 35.0 Å². The number of halogens is 1. The molecule has 0 rings (SSSR count). The van der Waals surface area contributed by atoms with Crippen molar-refractivity contribution < 1.29 is 17.4 Å². The first-order chi connectivity index (χ1) is 25.0. The van der Waals surface area contributed by atoms with Crippen LogP contribution in [0.4, 0.5) is 0 Å². The van der Waals surface area contributed by atoms with Crippen LogP contribution in [0.2, 0.25) is 0 Å². The summed E-state index contributed by atoms with van der Waals surface area (Å²) in [4.78, 5) is 29.7.